The minimum Gasteiger partial charge on any atom is -0.497 e. The van der Waals surface area contributed by atoms with Crippen LogP contribution in [0.1, 0.15) is 23.2 Å². The van der Waals surface area contributed by atoms with Crippen LogP contribution in [0.2, 0.25) is 0 Å². The Labute approximate surface area is 184 Å². The van der Waals surface area contributed by atoms with Gasteiger partial charge in [-0.3, -0.25) is 4.90 Å². The summed E-state index contributed by atoms with van der Waals surface area (Å²) in [5, 5.41) is 7.82. The molecule has 2 aromatic rings. The molecule has 0 saturated carbocycles. The predicted octanol–water partition coefficient (Wildman–Crippen LogP) is 2.73. The first-order valence-corrected chi connectivity index (χ1v) is 11.5. The number of rotatable bonds is 9. The zero-order chi connectivity index (χ0) is 21.2. The summed E-state index contributed by atoms with van der Waals surface area (Å²) in [6.45, 7) is 12.0. The number of ether oxygens (including phenoxy) is 1. The number of aliphatic imine (C=N–C) groups is 1. The molecule has 2 heterocycles. The Bertz CT molecular complexity index is 783. The lowest BCUT2D eigenvalue weighted by Crippen LogP contribution is -2.47. The van der Waals surface area contributed by atoms with Crippen LogP contribution < -0.4 is 20.3 Å². The van der Waals surface area contributed by atoms with E-state index in [9.17, 15) is 0 Å². The largest absolute Gasteiger partial charge is 0.497 e. The van der Waals surface area contributed by atoms with Gasteiger partial charge in [0.2, 0.25) is 0 Å². The van der Waals surface area contributed by atoms with Crippen molar-refractivity contribution in [1.82, 2.24) is 20.5 Å². The topological polar surface area (TPSA) is 65.0 Å². The minimum absolute atomic E-state index is 0.626. The molecule has 0 unspecified atom stereocenters. The lowest BCUT2D eigenvalue weighted by Gasteiger charge is -2.36. The molecule has 1 aliphatic heterocycles. The number of anilines is 1. The van der Waals surface area contributed by atoms with E-state index in [1.807, 2.05) is 18.3 Å². The van der Waals surface area contributed by atoms with Crippen LogP contribution >= 0.6 is 11.3 Å². The smallest absolute Gasteiger partial charge is 0.191 e. The number of hydrogen-bond donors (Lipinski definition) is 2. The third kappa shape index (κ3) is 6.88. The van der Waals surface area contributed by atoms with Crippen molar-refractivity contribution in [2.45, 2.75) is 26.8 Å². The van der Waals surface area contributed by atoms with Crippen molar-refractivity contribution < 1.29 is 4.74 Å². The predicted molar refractivity (Wildman–Crippen MR) is 126 cm³/mol. The van der Waals surface area contributed by atoms with Gasteiger partial charge in [-0.25, -0.2) is 9.98 Å². The second kappa shape index (κ2) is 11.8. The Morgan fingerprint density at radius 1 is 1.17 bits per heavy atom. The number of aromatic nitrogens is 1. The Hall–Kier alpha value is -2.32. The van der Waals surface area contributed by atoms with Crippen LogP contribution in [0, 0.1) is 6.92 Å². The molecule has 7 nitrogen and oxygen atoms in total. The maximum atomic E-state index is 5.25. The summed E-state index contributed by atoms with van der Waals surface area (Å²) in [5.41, 5.74) is 1.28. The normalized spacial score (nSPS) is 15.3. The molecule has 1 aliphatic rings. The summed E-state index contributed by atoms with van der Waals surface area (Å²) in [6.07, 6.45) is 3.01. The van der Waals surface area contributed by atoms with Crippen LogP contribution in [0.15, 0.2) is 35.5 Å². The first kappa shape index (κ1) is 22.4. The highest BCUT2D eigenvalue weighted by Crippen LogP contribution is 2.20. The molecular weight excluding hydrogens is 396 g/mol. The Morgan fingerprint density at radius 2 is 1.93 bits per heavy atom. The molecule has 1 aromatic heterocycles. The molecule has 0 atom stereocenters. The van der Waals surface area contributed by atoms with E-state index in [2.05, 4.69) is 56.4 Å². The molecule has 2 N–H and O–H groups in total. The SMILES string of the molecule is CCNC(=NCc1ncc(C)s1)NCCCN1CCN(c2ccc(OC)cc2)CC1. The van der Waals surface area contributed by atoms with Crippen molar-refractivity contribution in [2.75, 3.05) is 57.8 Å². The van der Waals surface area contributed by atoms with E-state index in [0.717, 1.165) is 69.0 Å². The summed E-state index contributed by atoms with van der Waals surface area (Å²) in [7, 11) is 1.71. The molecule has 0 aliphatic carbocycles. The molecule has 0 radical (unpaired) electrons. The highest BCUT2D eigenvalue weighted by molar-refractivity contribution is 7.11. The fourth-order valence-corrected chi connectivity index (χ4v) is 4.21. The van der Waals surface area contributed by atoms with Crippen LogP contribution in [0.5, 0.6) is 5.75 Å². The van der Waals surface area contributed by atoms with E-state index in [-0.39, 0.29) is 0 Å². The highest BCUT2D eigenvalue weighted by Gasteiger charge is 2.16. The van der Waals surface area contributed by atoms with E-state index in [4.69, 9.17) is 4.74 Å². The molecule has 30 heavy (non-hydrogen) atoms. The lowest BCUT2D eigenvalue weighted by atomic mass is 10.2. The van der Waals surface area contributed by atoms with Gasteiger partial charge in [0.15, 0.2) is 5.96 Å². The maximum Gasteiger partial charge on any atom is 0.191 e. The number of aryl methyl sites for hydroxylation is 1. The molecule has 3 rings (SSSR count). The quantitative estimate of drug-likeness (QED) is 0.362. The molecule has 1 saturated heterocycles. The fraction of sp³-hybridized carbons (Fsp3) is 0.545. The summed E-state index contributed by atoms with van der Waals surface area (Å²) < 4.78 is 5.25. The zero-order valence-electron chi connectivity index (χ0n) is 18.4. The Kier molecular flexibility index (Phi) is 8.77. The van der Waals surface area contributed by atoms with Gasteiger partial charge in [-0.05, 0) is 51.1 Å². The number of piperazine rings is 1. The van der Waals surface area contributed by atoms with Crippen LogP contribution in [-0.2, 0) is 6.54 Å². The first-order chi connectivity index (χ1) is 14.7. The standard InChI is InChI=1S/C22H34N6OS/c1-4-23-22(26-17-21-25-16-18(2)30-21)24-10-5-11-27-12-14-28(15-13-27)19-6-8-20(29-3)9-7-19/h6-9,16H,4-5,10-15,17H2,1-3H3,(H2,23,24,26). The van der Waals surface area contributed by atoms with E-state index >= 15 is 0 Å². The number of hydrogen-bond acceptors (Lipinski definition) is 6. The maximum absolute atomic E-state index is 5.25. The van der Waals surface area contributed by atoms with Crippen molar-refractivity contribution in [3.8, 4) is 5.75 Å². The van der Waals surface area contributed by atoms with Gasteiger partial charge in [0.1, 0.15) is 10.8 Å². The molecule has 1 fully saturated rings. The van der Waals surface area contributed by atoms with Crippen molar-refractivity contribution in [1.29, 1.82) is 0 Å². The van der Waals surface area contributed by atoms with Gasteiger partial charge in [-0.2, -0.15) is 0 Å². The van der Waals surface area contributed by atoms with Gasteiger partial charge >= 0.3 is 0 Å². The van der Waals surface area contributed by atoms with Crippen LogP contribution in [0.4, 0.5) is 5.69 Å². The first-order valence-electron chi connectivity index (χ1n) is 10.7. The third-order valence-corrected chi connectivity index (χ3v) is 6.04. The number of benzene rings is 1. The average molecular weight is 431 g/mol. The second-order valence-corrected chi connectivity index (χ2v) is 8.69. The molecule has 0 amide bonds. The Morgan fingerprint density at radius 3 is 2.57 bits per heavy atom. The molecule has 0 bridgehead atoms. The molecule has 0 spiro atoms. The lowest BCUT2D eigenvalue weighted by molar-refractivity contribution is 0.255. The minimum atomic E-state index is 0.626. The van der Waals surface area contributed by atoms with Crippen LogP contribution in [0.3, 0.4) is 0 Å². The Balaban J connectivity index is 1.35. The number of guanidine groups is 1. The van der Waals surface area contributed by atoms with Gasteiger partial charge in [0.25, 0.3) is 0 Å². The highest BCUT2D eigenvalue weighted by atomic mass is 32.1. The van der Waals surface area contributed by atoms with Crippen LogP contribution in [-0.4, -0.2) is 68.8 Å². The molecular formula is C22H34N6OS. The number of nitrogens with one attached hydrogen (secondary N) is 2. The van der Waals surface area contributed by atoms with Crippen LogP contribution in [0.25, 0.3) is 0 Å². The van der Waals surface area contributed by atoms with E-state index in [0.29, 0.717) is 6.54 Å². The number of nitrogens with zero attached hydrogens (tertiary/aromatic N) is 4. The summed E-state index contributed by atoms with van der Waals surface area (Å²) in [6, 6.07) is 8.36. The number of thiazole rings is 1. The van der Waals surface area contributed by atoms with Gasteiger partial charge in [-0.15, -0.1) is 11.3 Å². The molecule has 8 heteroatoms. The molecule has 1 aromatic carbocycles. The zero-order valence-corrected chi connectivity index (χ0v) is 19.2. The van der Waals surface area contributed by atoms with E-state index in [1.165, 1.54) is 10.6 Å². The van der Waals surface area contributed by atoms with E-state index in [1.54, 1.807) is 18.4 Å². The van der Waals surface area contributed by atoms with Crippen molar-refractivity contribution in [3.05, 3.63) is 40.3 Å². The summed E-state index contributed by atoms with van der Waals surface area (Å²) in [4.78, 5) is 15.3. The summed E-state index contributed by atoms with van der Waals surface area (Å²) >= 11 is 1.70. The van der Waals surface area contributed by atoms with Gasteiger partial charge in [0.05, 0.1) is 13.7 Å². The van der Waals surface area contributed by atoms with Gasteiger partial charge in [0, 0.05) is 56.0 Å². The second-order valence-electron chi connectivity index (χ2n) is 7.37. The average Bonchev–Trinajstić information content (AvgIpc) is 3.20. The van der Waals surface area contributed by atoms with Gasteiger partial charge in [-0.1, -0.05) is 0 Å². The van der Waals surface area contributed by atoms with Crippen molar-refractivity contribution in [3.63, 3.8) is 0 Å². The number of methoxy groups -OCH3 is 1. The molecule has 164 valence electrons. The fourth-order valence-electron chi connectivity index (χ4n) is 3.50. The third-order valence-electron chi connectivity index (χ3n) is 5.14. The van der Waals surface area contributed by atoms with Gasteiger partial charge < -0.3 is 20.3 Å². The van der Waals surface area contributed by atoms with Crippen molar-refractivity contribution >= 4 is 23.0 Å². The summed E-state index contributed by atoms with van der Waals surface area (Å²) in [5.74, 6) is 1.78. The van der Waals surface area contributed by atoms with Crippen molar-refractivity contribution in [2.24, 2.45) is 4.99 Å². The van der Waals surface area contributed by atoms with E-state index < -0.39 is 0 Å². The monoisotopic (exact) mass is 430 g/mol.